The summed E-state index contributed by atoms with van der Waals surface area (Å²) in [6, 6.07) is 0. The summed E-state index contributed by atoms with van der Waals surface area (Å²) in [5.41, 5.74) is 0.581. The quantitative estimate of drug-likeness (QED) is 0.666. The Bertz CT molecular complexity index is 338. The molecule has 0 unspecified atom stereocenters. The highest BCUT2D eigenvalue weighted by molar-refractivity contribution is 7.91. The van der Waals surface area contributed by atoms with Gasteiger partial charge >= 0.3 is 5.22 Å². The molecule has 1 aromatic heterocycles. The van der Waals surface area contributed by atoms with Crippen LogP contribution in [0.15, 0.2) is 15.9 Å². The number of hydrogen-bond acceptors (Lipinski definition) is 4. The van der Waals surface area contributed by atoms with Crippen molar-refractivity contribution in [2.24, 2.45) is 0 Å². The van der Waals surface area contributed by atoms with Gasteiger partial charge in [-0.25, -0.2) is 13.4 Å². The topological polar surface area (TPSA) is 60.2 Å². The fourth-order valence-electron chi connectivity index (χ4n) is 0.599. The summed E-state index contributed by atoms with van der Waals surface area (Å²) in [5, 5.41) is -0.183. The Balaban J connectivity index is 3.13. The fourth-order valence-corrected chi connectivity index (χ4v) is 1.32. The Hall–Kier alpha value is -0.840. The predicted octanol–water partition coefficient (Wildman–Crippen LogP) is 0.777. The molecule has 0 aliphatic heterocycles. The molecule has 0 atom stereocenters. The molecular formula is C6H9NO3S. The second kappa shape index (κ2) is 2.65. The lowest BCUT2D eigenvalue weighted by atomic mass is 10.6. The number of aryl methyl sites for hydroxylation is 1. The van der Waals surface area contributed by atoms with Gasteiger partial charge < -0.3 is 4.42 Å². The van der Waals surface area contributed by atoms with E-state index in [-0.39, 0.29) is 11.0 Å². The van der Waals surface area contributed by atoms with Crippen molar-refractivity contribution in [3.8, 4) is 0 Å². The minimum atomic E-state index is -3.26. The van der Waals surface area contributed by atoms with Gasteiger partial charge in [0.2, 0.25) is 9.84 Å². The first-order valence-electron chi connectivity index (χ1n) is 3.21. The third-order valence-corrected chi connectivity index (χ3v) is 2.72. The molecule has 1 aromatic rings. The van der Waals surface area contributed by atoms with Crippen LogP contribution in [0.3, 0.4) is 0 Å². The number of sulfone groups is 1. The molecule has 0 saturated heterocycles. The van der Waals surface area contributed by atoms with E-state index in [2.05, 4.69) is 4.98 Å². The zero-order valence-corrected chi connectivity index (χ0v) is 7.18. The molecule has 0 amide bonds. The lowest BCUT2D eigenvalue weighted by Gasteiger charge is -1.90. The molecule has 0 radical (unpaired) electrons. The van der Waals surface area contributed by atoms with Gasteiger partial charge in [-0.2, -0.15) is 0 Å². The fraction of sp³-hybridized carbons (Fsp3) is 0.500. The van der Waals surface area contributed by atoms with Crippen molar-refractivity contribution < 1.29 is 12.8 Å². The average molecular weight is 175 g/mol. The molecule has 0 fully saturated rings. The van der Waals surface area contributed by atoms with E-state index < -0.39 is 9.84 Å². The number of rotatable bonds is 2. The maximum absolute atomic E-state index is 11.1. The lowest BCUT2D eigenvalue weighted by Crippen LogP contribution is -2.03. The number of oxazole rings is 1. The van der Waals surface area contributed by atoms with E-state index in [9.17, 15) is 8.42 Å². The molecule has 1 heterocycles. The molecule has 62 valence electrons. The first kappa shape index (κ1) is 8.26. The molecule has 11 heavy (non-hydrogen) atoms. The minimum Gasteiger partial charge on any atom is -0.436 e. The van der Waals surface area contributed by atoms with Crippen molar-refractivity contribution >= 4 is 9.84 Å². The molecule has 0 aliphatic rings. The zero-order valence-electron chi connectivity index (χ0n) is 6.36. The molecule has 1 rings (SSSR count). The van der Waals surface area contributed by atoms with Crippen LogP contribution < -0.4 is 0 Å². The van der Waals surface area contributed by atoms with E-state index in [4.69, 9.17) is 4.42 Å². The van der Waals surface area contributed by atoms with Crippen molar-refractivity contribution in [2.75, 3.05) is 5.75 Å². The Labute approximate surface area is 65.2 Å². The third-order valence-electron chi connectivity index (χ3n) is 1.24. The number of nitrogens with zero attached hydrogens (tertiary/aromatic N) is 1. The Morgan fingerprint density at radius 3 is 2.64 bits per heavy atom. The number of aromatic nitrogens is 1. The van der Waals surface area contributed by atoms with Gasteiger partial charge in [0, 0.05) is 0 Å². The predicted molar refractivity (Wildman–Crippen MR) is 39.0 cm³/mol. The summed E-state index contributed by atoms with van der Waals surface area (Å²) in [7, 11) is -3.26. The van der Waals surface area contributed by atoms with Gasteiger partial charge in [-0.3, -0.25) is 0 Å². The van der Waals surface area contributed by atoms with Crippen LogP contribution >= 0.6 is 0 Å². The van der Waals surface area contributed by atoms with Crippen molar-refractivity contribution in [3.05, 3.63) is 12.0 Å². The molecule has 0 aromatic carbocycles. The van der Waals surface area contributed by atoms with Gasteiger partial charge in [0.15, 0.2) is 0 Å². The maximum Gasteiger partial charge on any atom is 0.315 e. The highest BCUT2D eigenvalue weighted by atomic mass is 32.2. The van der Waals surface area contributed by atoms with E-state index in [0.717, 1.165) is 0 Å². The van der Waals surface area contributed by atoms with Crippen LogP contribution in [-0.2, 0) is 9.84 Å². The first-order chi connectivity index (χ1) is 5.06. The Kier molecular flexibility index (Phi) is 1.99. The second-order valence-corrected chi connectivity index (χ2v) is 4.31. The van der Waals surface area contributed by atoms with Gasteiger partial charge in [0.1, 0.15) is 6.26 Å². The SMILES string of the molecule is CCS(=O)(=O)c1nc(C)co1. The zero-order chi connectivity index (χ0) is 8.48. The van der Waals surface area contributed by atoms with Crippen LogP contribution in [0.5, 0.6) is 0 Å². The molecule has 4 nitrogen and oxygen atoms in total. The molecule has 0 N–H and O–H groups in total. The van der Waals surface area contributed by atoms with Crippen LogP contribution in [0.2, 0.25) is 0 Å². The van der Waals surface area contributed by atoms with E-state index in [1.807, 2.05) is 0 Å². The second-order valence-electron chi connectivity index (χ2n) is 2.16. The standard InChI is InChI=1S/C6H9NO3S/c1-3-11(8,9)6-7-5(2)4-10-6/h4H,3H2,1-2H3. The van der Waals surface area contributed by atoms with E-state index in [0.29, 0.717) is 5.69 Å². The first-order valence-corrected chi connectivity index (χ1v) is 4.86. The Morgan fingerprint density at radius 1 is 1.64 bits per heavy atom. The van der Waals surface area contributed by atoms with Crippen molar-refractivity contribution in [3.63, 3.8) is 0 Å². The minimum absolute atomic E-state index is 0.0208. The van der Waals surface area contributed by atoms with Crippen molar-refractivity contribution in [2.45, 2.75) is 19.1 Å². The number of hydrogen-bond donors (Lipinski definition) is 0. The molecule has 5 heteroatoms. The maximum atomic E-state index is 11.1. The van der Waals surface area contributed by atoms with Crippen molar-refractivity contribution in [1.82, 2.24) is 4.98 Å². The molecule has 0 saturated carbocycles. The lowest BCUT2D eigenvalue weighted by molar-refractivity contribution is 0.430. The summed E-state index contributed by atoms with van der Waals surface area (Å²) in [6.07, 6.45) is 1.32. The van der Waals surface area contributed by atoms with E-state index >= 15 is 0 Å². The van der Waals surface area contributed by atoms with Gasteiger partial charge in [-0.15, -0.1) is 0 Å². The highest BCUT2D eigenvalue weighted by Crippen LogP contribution is 2.09. The van der Waals surface area contributed by atoms with E-state index in [1.165, 1.54) is 6.26 Å². The molecule has 0 aliphatic carbocycles. The summed E-state index contributed by atoms with van der Waals surface area (Å²) < 4.78 is 26.8. The summed E-state index contributed by atoms with van der Waals surface area (Å²) >= 11 is 0. The van der Waals surface area contributed by atoms with Crippen LogP contribution in [0.25, 0.3) is 0 Å². The van der Waals surface area contributed by atoms with Crippen LogP contribution in [0, 0.1) is 6.92 Å². The van der Waals surface area contributed by atoms with Gasteiger partial charge in [-0.1, -0.05) is 6.92 Å². The normalized spacial score (nSPS) is 11.8. The van der Waals surface area contributed by atoms with Gasteiger partial charge in [0.25, 0.3) is 0 Å². The monoisotopic (exact) mass is 175 g/mol. The Morgan fingerprint density at radius 2 is 2.27 bits per heavy atom. The highest BCUT2D eigenvalue weighted by Gasteiger charge is 2.17. The van der Waals surface area contributed by atoms with Crippen LogP contribution in [0.1, 0.15) is 12.6 Å². The van der Waals surface area contributed by atoms with Gasteiger partial charge in [0.05, 0.1) is 11.4 Å². The van der Waals surface area contributed by atoms with Gasteiger partial charge in [-0.05, 0) is 6.92 Å². The molecule has 0 spiro atoms. The third kappa shape index (κ3) is 1.59. The van der Waals surface area contributed by atoms with Crippen LogP contribution in [-0.4, -0.2) is 19.2 Å². The van der Waals surface area contributed by atoms with E-state index in [1.54, 1.807) is 13.8 Å². The summed E-state index contributed by atoms with van der Waals surface area (Å²) in [4.78, 5) is 3.70. The molecular weight excluding hydrogens is 166 g/mol. The average Bonchev–Trinajstić information content (AvgIpc) is 2.36. The molecule has 0 bridgehead atoms. The van der Waals surface area contributed by atoms with Crippen molar-refractivity contribution in [1.29, 1.82) is 0 Å². The summed E-state index contributed by atoms with van der Waals surface area (Å²) in [5.74, 6) is 0.0208. The largest absolute Gasteiger partial charge is 0.436 e. The van der Waals surface area contributed by atoms with Crippen LogP contribution in [0.4, 0.5) is 0 Å². The smallest absolute Gasteiger partial charge is 0.315 e. The summed E-state index contributed by atoms with van der Waals surface area (Å²) in [6.45, 7) is 3.23.